The van der Waals surface area contributed by atoms with Crippen LogP contribution in [0.3, 0.4) is 0 Å². The highest BCUT2D eigenvalue weighted by atomic mass is 35.5. The number of rotatable bonds is 4. The van der Waals surface area contributed by atoms with Gasteiger partial charge in [-0.2, -0.15) is 10.4 Å². The number of pyridine rings is 1. The molecule has 3 heterocycles. The summed E-state index contributed by atoms with van der Waals surface area (Å²) in [5, 5.41) is 17.5. The number of benzene rings is 1. The van der Waals surface area contributed by atoms with Crippen LogP contribution >= 0.6 is 11.6 Å². The molecular formula is C19H18ClN5O4S. The number of halogens is 1. The maximum Gasteiger partial charge on any atom is 0.261 e. The van der Waals surface area contributed by atoms with Gasteiger partial charge in [0.25, 0.3) is 5.56 Å². The van der Waals surface area contributed by atoms with Gasteiger partial charge >= 0.3 is 0 Å². The number of aromatic nitrogens is 3. The molecule has 0 aliphatic carbocycles. The summed E-state index contributed by atoms with van der Waals surface area (Å²) >= 11 is 6.02. The summed E-state index contributed by atoms with van der Waals surface area (Å²) < 4.78 is 31.1. The largest absolute Gasteiger partial charge is 0.379 e. The highest BCUT2D eigenvalue weighted by Gasteiger charge is 2.30. The number of hydrogen-bond acceptors (Lipinski definition) is 7. The first-order valence-corrected chi connectivity index (χ1v) is 11.4. The van der Waals surface area contributed by atoms with Crippen LogP contribution in [0.4, 0.5) is 11.5 Å². The van der Waals surface area contributed by atoms with Crippen LogP contribution in [0.25, 0.3) is 10.9 Å². The number of anilines is 2. The minimum Gasteiger partial charge on any atom is -0.379 e. The normalized spacial score (nSPS) is 19.5. The molecule has 2 aromatic heterocycles. The molecule has 0 amide bonds. The van der Waals surface area contributed by atoms with Crippen molar-refractivity contribution >= 4 is 43.8 Å². The Morgan fingerprint density at radius 1 is 1.40 bits per heavy atom. The van der Waals surface area contributed by atoms with Gasteiger partial charge in [0, 0.05) is 24.7 Å². The molecule has 0 saturated carbocycles. The van der Waals surface area contributed by atoms with Crippen molar-refractivity contribution in [3.63, 3.8) is 0 Å². The van der Waals surface area contributed by atoms with Gasteiger partial charge in [-0.05, 0) is 30.7 Å². The maximum absolute atomic E-state index is 12.6. The summed E-state index contributed by atoms with van der Waals surface area (Å²) in [6, 6.07) is 8.11. The zero-order valence-corrected chi connectivity index (χ0v) is 17.5. The van der Waals surface area contributed by atoms with Gasteiger partial charge in [0.1, 0.15) is 5.39 Å². The second-order valence-electron chi connectivity index (χ2n) is 7.07. The zero-order valence-electron chi connectivity index (χ0n) is 15.9. The summed E-state index contributed by atoms with van der Waals surface area (Å²) in [5.74, 6) is -0.0581. The number of hydrogen-bond donors (Lipinski definition) is 2. The molecule has 156 valence electrons. The molecule has 30 heavy (non-hydrogen) atoms. The topological polar surface area (TPSA) is 130 Å². The van der Waals surface area contributed by atoms with Gasteiger partial charge in [0.15, 0.2) is 15.7 Å². The first-order chi connectivity index (χ1) is 14.3. The van der Waals surface area contributed by atoms with E-state index >= 15 is 0 Å². The van der Waals surface area contributed by atoms with Crippen molar-refractivity contribution in [3.05, 3.63) is 45.8 Å². The number of fused-ring (bicyclic) bond motifs is 1. The van der Waals surface area contributed by atoms with E-state index in [1.165, 1.54) is 18.3 Å². The predicted octanol–water partition coefficient (Wildman–Crippen LogP) is 2.63. The van der Waals surface area contributed by atoms with Crippen molar-refractivity contribution in [3.8, 4) is 6.07 Å². The first-order valence-electron chi connectivity index (χ1n) is 9.13. The smallest absolute Gasteiger partial charge is 0.261 e. The Hall–Kier alpha value is -2.87. The lowest BCUT2D eigenvalue weighted by Crippen LogP contribution is -2.30. The van der Waals surface area contributed by atoms with Crippen LogP contribution in [-0.2, 0) is 14.6 Å². The third-order valence-corrected chi connectivity index (χ3v) is 6.61. The monoisotopic (exact) mass is 447 g/mol. The van der Waals surface area contributed by atoms with E-state index in [1.54, 1.807) is 16.8 Å². The molecule has 9 nitrogen and oxygen atoms in total. The molecule has 0 bridgehead atoms. The van der Waals surface area contributed by atoms with Crippen molar-refractivity contribution in [2.24, 2.45) is 5.92 Å². The van der Waals surface area contributed by atoms with Gasteiger partial charge in [-0.25, -0.2) is 8.42 Å². The van der Waals surface area contributed by atoms with Crippen molar-refractivity contribution in [2.45, 2.75) is 17.4 Å². The Kier molecular flexibility index (Phi) is 5.27. The number of nitrogens with zero attached hydrogens (tertiary/aromatic N) is 3. The molecule has 2 unspecified atom stereocenters. The number of aromatic amines is 1. The SMILES string of the molecule is CS(=O)(=O)c1cc(Nc2nn(C3COCCC3C#N)c3cc[nH]c(=O)c23)ccc1Cl. The zero-order chi connectivity index (χ0) is 21.5. The molecule has 3 aromatic rings. The van der Waals surface area contributed by atoms with Crippen LogP contribution in [0.15, 0.2) is 40.2 Å². The molecule has 4 rings (SSSR count). The fourth-order valence-corrected chi connectivity index (χ4v) is 4.86. The first kappa shape index (κ1) is 20.4. The van der Waals surface area contributed by atoms with Gasteiger partial charge < -0.3 is 15.0 Å². The highest BCUT2D eigenvalue weighted by molar-refractivity contribution is 7.90. The van der Waals surface area contributed by atoms with Crippen LogP contribution in [0, 0.1) is 17.2 Å². The molecule has 1 saturated heterocycles. The van der Waals surface area contributed by atoms with Crippen molar-refractivity contribution in [1.29, 1.82) is 5.26 Å². The van der Waals surface area contributed by atoms with Gasteiger partial charge in [-0.1, -0.05) is 11.6 Å². The summed E-state index contributed by atoms with van der Waals surface area (Å²) in [6.45, 7) is 0.805. The van der Waals surface area contributed by atoms with Crippen LogP contribution in [0.5, 0.6) is 0 Å². The molecule has 1 aliphatic rings. The van der Waals surface area contributed by atoms with Crippen molar-refractivity contribution in [1.82, 2.24) is 14.8 Å². The molecule has 1 aromatic carbocycles. The predicted molar refractivity (Wildman–Crippen MR) is 112 cm³/mol. The van der Waals surface area contributed by atoms with Crippen molar-refractivity contribution < 1.29 is 13.2 Å². The third kappa shape index (κ3) is 3.67. The second-order valence-corrected chi connectivity index (χ2v) is 9.46. The third-order valence-electron chi connectivity index (χ3n) is 5.03. The quantitative estimate of drug-likeness (QED) is 0.628. The Labute approximate surface area is 177 Å². The van der Waals surface area contributed by atoms with E-state index in [2.05, 4.69) is 21.5 Å². The molecular weight excluding hydrogens is 430 g/mol. The summed E-state index contributed by atoms with van der Waals surface area (Å²) in [7, 11) is -3.54. The number of sulfone groups is 1. The minimum atomic E-state index is -3.54. The average Bonchev–Trinajstić information content (AvgIpc) is 3.08. The van der Waals surface area contributed by atoms with Crippen molar-refractivity contribution in [2.75, 3.05) is 24.8 Å². The summed E-state index contributed by atoms with van der Waals surface area (Å²) in [4.78, 5) is 15.1. The van der Waals surface area contributed by atoms with Crippen LogP contribution in [0.2, 0.25) is 5.02 Å². The van der Waals surface area contributed by atoms with E-state index in [4.69, 9.17) is 16.3 Å². The molecule has 1 aliphatic heterocycles. The van der Waals surface area contributed by atoms with Crippen LogP contribution in [-0.4, -0.2) is 42.7 Å². The van der Waals surface area contributed by atoms with Crippen LogP contribution in [0.1, 0.15) is 12.5 Å². The molecule has 0 spiro atoms. The standard InChI is InChI=1S/C19H18ClN5O4S/c1-30(27,28)16-8-12(2-3-13(16)20)23-18-17-14(4-6-22-19(17)26)25(24-18)15-10-29-7-5-11(15)9-21/h2-4,6,8,11,15H,5,7,10H2,1H3,(H,22,26)(H,23,24). The molecule has 2 N–H and O–H groups in total. The second kappa shape index (κ2) is 7.75. The van der Waals surface area contributed by atoms with E-state index in [9.17, 15) is 18.5 Å². The number of H-pyrrole nitrogens is 1. The molecule has 11 heteroatoms. The average molecular weight is 448 g/mol. The van der Waals surface area contributed by atoms with Gasteiger partial charge in [-0.15, -0.1) is 0 Å². The number of nitrogens with one attached hydrogen (secondary N) is 2. The Balaban J connectivity index is 1.83. The maximum atomic E-state index is 12.6. The fourth-order valence-electron chi connectivity index (χ4n) is 3.56. The van der Waals surface area contributed by atoms with E-state index in [-0.39, 0.29) is 33.3 Å². The van der Waals surface area contributed by atoms with Gasteiger partial charge in [0.2, 0.25) is 0 Å². The Morgan fingerprint density at radius 2 is 2.20 bits per heavy atom. The summed E-state index contributed by atoms with van der Waals surface area (Å²) in [6.07, 6.45) is 3.16. The van der Waals surface area contributed by atoms with E-state index < -0.39 is 9.84 Å². The number of ether oxygens (including phenoxy) is 1. The van der Waals surface area contributed by atoms with E-state index in [0.717, 1.165) is 6.26 Å². The lowest BCUT2D eigenvalue weighted by molar-refractivity contribution is 0.0359. The number of nitriles is 1. The van der Waals surface area contributed by atoms with Gasteiger partial charge in [-0.3, -0.25) is 9.48 Å². The van der Waals surface area contributed by atoms with Gasteiger partial charge in [0.05, 0.1) is 40.1 Å². The summed E-state index contributed by atoms with van der Waals surface area (Å²) in [5.41, 5.74) is 0.601. The fraction of sp³-hybridized carbons (Fsp3) is 0.316. The molecule has 1 fully saturated rings. The van der Waals surface area contributed by atoms with E-state index in [0.29, 0.717) is 36.2 Å². The van der Waals surface area contributed by atoms with Crippen LogP contribution < -0.4 is 10.9 Å². The lowest BCUT2D eigenvalue weighted by atomic mass is 9.96. The molecule has 2 atom stereocenters. The minimum absolute atomic E-state index is 0.0305. The lowest BCUT2D eigenvalue weighted by Gasteiger charge is -2.27. The Bertz CT molecular complexity index is 1320. The Morgan fingerprint density at radius 3 is 2.93 bits per heavy atom. The molecule has 0 radical (unpaired) electrons. The van der Waals surface area contributed by atoms with E-state index in [1.807, 2.05) is 0 Å². The highest BCUT2D eigenvalue weighted by Crippen LogP contribution is 2.32.